The maximum Gasteiger partial charge on any atom is 0.242 e. The molecule has 0 saturated carbocycles. The summed E-state index contributed by atoms with van der Waals surface area (Å²) in [6.45, 7) is 2.16. The summed E-state index contributed by atoms with van der Waals surface area (Å²) in [4.78, 5) is 31.4. The molecule has 7 heteroatoms. The molecule has 1 aliphatic rings. The zero-order chi connectivity index (χ0) is 20.5. The fraction of sp³-hybridized carbons (Fsp3) is 0.409. The van der Waals surface area contributed by atoms with Crippen molar-refractivity contribution in [1.29, 1.82) is 0 Å². The van der Waals surface area contributed by atoms with E-state index in [0.717, 1.165) is 38.0 Å². The zero-order valence-corrected chi connectivity index (χ0v) is 16.4. The molecule has 1 atom stereocenters. The van der Waals surface area contributed by atoms with Gasteiger partial charge in [-0.25, -0.2) is 4.39 Å². The number of carbonyl (C=O) groups excluding carboxylic acids is 2. The Morgan fingerprint density at radius 1 is 1.17 bits per heavy atom. The summed E-state index contributed by atoms with van der Waals surface area (Å²) in [5.41, 5.74) is 1.40. The van der Waals surface area contributed by atoms with Crippen LogP contribution in [-0.4, -0.2) is 47.4 Å². The van der Waals surface area contributed by atoms with Crippen LogP contribution in [0.5, 0.6) is 0 Å². The lowest BCUT2D eigenvalue weighted by Crippen LogP contribution is -2.45. The van der Waals surface area contributed by atoms with Crippen molar-refractivity contribution in [1.82, 2.24) is 20.5 Å². The number of pyridine rings is 1. The first kappa shape index (κ1) is 20.9. The van der Waals surface area contributed by atoms with Gasteiger partial charge in [0.15, 0.2) is 0 Å². The normalized spacial score (nSPS) is 16.7. The number of nitrogens with one attached hydrogen (secondary N) is 2. The number of hydrogen-bond acceptors (Lipinski definition) is 4. The molecule has 3 rings (SSSR count). The highest BCUT2D eigenvalue weighted by molar-refractivity contribution is 5.85. The van der Waals surface area contributed by atoms with E-state index in [2.05, 4.69) is 15.6 Å². The first-order valence-corrected chi connectivity index (χ1v) is 10.0. The highest BCUT2D eigenvalue weighted by Crippen LogP contribution is 2.16. The van der Waals surface area contributed by atoms with Gasteiger partial charge in [-0.05, 0) is 62.2 Å². The Morgan fingerprint density at radius 3 is 2.86 bits per heavy atom. The third-order valence-corrected chi connectivity index (χ3v) is 5.06. The van der Waals surface area contributed by atoms with Crippen LogP contribution in [0.15, 0.2) is 48.7 Å². The monoisotopic (exact) mass is 398 g/mol. The Kier molecular flexibility index (Phi) is 7.69. The Bertz CT molecular complexity index is 807. The van der Waals surface area contributed by atoms with E-state index in [0.29, 0.717) is 12.1 Å². The highest BCUT2D eigenvalue weighted by Gasteiger charge is 2.25. The third kappa shape index (κ3) is 6.64. The quantitative estimate of drug-likeness (QED) is 0.749. The van der Waals surface area contributed by atoms with Crippen LogP contribution in [0.2, 0.25) is 0 Å². The number of nitrogens with zero attached hydrogens (tertiary/aromatic N) is 2. The molecule has 1 aromatic carbocycles. The van der Waals surface area contributed by atoms with Gasteiger partial charge in [0.25, 0.3) is 0 Å². The fourth-order valence-corrected chi connectivity index (χ4v) is 3.57. The second-order valence-corrected chi connectivity index (χ2v) is 7.26. The van der Waals surface area contributed by atoms with Crippen molar-refractivity contribution in [3.8, 4) is 0 Å². The molecule has 0 spiro atoms. The topological polar surface area (TPSA) is 74.3 Å². The van der Waals surface area contributed by atoms with Crippen LogP contribution in [0.25, 0.3) is 0 Å². The van der Waals surface area contributed by atoms with Crippen LogP contribution in [0.1, 0.15) is 30.5 Å². The standard InChI is InChI=1S/C22H27FN4O2/c23-18-6-3-5-17(13-18)14-21(28)26-15-22(29)27(16-19-7-1-2-11-25-19)20-8-4-10-24-12-9-20/h1-3,5-7,11,13,20,24H,4,8-10,12,14-16H2,(H,26,28). The van der Waals surface area contributed by atoms with E-state index in [1.165, 1.54) is 12.1 Å². The third-order valence-electron chi connectivity index (χ3n) is 5.06. The minimum Gasteiger partial charge on any atom is -0.347 e. The van der Waals surface area contributed by atoms with Crippen LogP contribution in [-0.2, 0) is 22.6 Å². The van der Waals surface area contributed by atoms with Gasteiger partial charge in [-0.2, -0.15) is 0 Å². The van der Waals surface area contributed by atoms with Gasteiger partial charge in [0, 0.05) is 12.2 Å². The summed E-state index contributed by atoms with van der Waals surface area (Å²) >= 11 is 0. The fourth-order valence-electron chi connectivity index (χ4n) is 3.57. The molecule has 2 amide bonds. The van der Waals surface area contributed by atoms with Crippen molar-refractivity contribution < 1.29 is 14.0 Å². The number of hydrogen-bond donors (Lipinski definition) is 2. The first-order chi connectivity index (χ1) is 14.1. The Balaban J connectivity index is 1.61. The minimum absolute atomic E-state index is 0.0403. The summed E-state index contributed by atoms with van der Waals surface area (Å²) in [5, 5.41) is 6.05. The van der Waals surface area contributed by atoms with Gasteiger partial charge in [0.05, 0.1) is 25.2 Å². The predicted molar refractivity (Wildman–Crippen MR) is 108 cm³/mol. The number of amides is 2. The van der Waals surface area contributed by atoms with E-state index in [4.69, 9.17) is 0 Å². The van der Waals surface area contributed by atoms with Crippen molar-refractivity contribution in [2.24, 2.45) is 0 Å². The summed E-state index contributed by atoms with van der Waals surface area (Å²) in [6.07, 6.45) is 4.55. The maximum atomic E-state index is 13.3. The first-order valence-electron chi connectivity index (χ1n) is 10.0. The second-order valence-electron chi connectivity index (χ2n) is 7.26. The van der Waals surface area contributed by atoms with Crippen LogP contribution < -0.4 is 10.6 Å². The van der Waals surface area contributed by atoms with E-state index < -0.39 is 0 Å². The van der Waals surface area contributed by atoms with Crippen LogP contribution in [0.3, 0.4) is 0 Å². The molecular formula is C22H27FN4O2. The minimum atomic E-state index is -0.380. The Morgan fingerprint density at radius 2 is 2.07 bits per heavy atom. The van der Waals surface area contributed by atoms with Gasteiger partial charge >= 0.3 is 0 Å². The van der Waals surface area contributed by atoms with Gasteiger partial charge in [0.2, 0.25) is 11.8 Å². The van der Waals surface area contributed by atoms with E-state index in [1.54, 1.807) is 18.3 Å². The molecule has 154 valence electrons. The number of halogens is 1. The second kappa shape index (κ2) is 10.7. The van der Waals surface area contributed by atoms with Gasteiger partial charge < -0.3 is 15.5 Å². The van der Waals surface area contributed by atoms with Crippen molar-refractivity contribution >= 4 is 11.8 Å². The van der Waals surface area contributed by atoms with E-state index in [-0.39, 0.29) is 36.6 Å². The molecule has 2 N–H and O–H groups in total. The SMILES string of the molecule is O=C(Cc1cccc(F)c1)NCC(=O)N(Cc1ccccn1)C1CCCNCC1. The number of carbonyl (C=O) groups is 2. The average molecular weight is 398 g/mol. The molecular weight excluding hydrogens is 371 g/mol. The van der Waals surface area contributed by atoms with E-state index in [1.807, 2.05) is 23.1 Å². The Hall–Kier alpha value is -2.80. The average Bonchev–Trinajstić information content (AvgIpc) is 3.00. The molecule has 1 aliphatic heterocycles. The van der Waals surface area contributed by atoms with Crippen LogP contribution in [0.4, 0.5) is 4.39 Å². The lowest BCUT2D eigenvalue weighted by molar-refractivity contribution is -0.135. The Labute approximate surface area is 170 Å². The molecule has 0 radical (unpaired) electrons. The largest absolute Gasteiger partial charge is 0.347 e. The molecule has 1 fully saturated rings. The van der Waals surface area contributed by atoms with Crippen molar-refractivity contribution in [3.05, 3.63) is 65.7 Å². The molecule has 2 aromatic rings. The predicted octanol–water partition coefficient (Wildman–Crippen LogP) is 2.05. The molecule has 1 saturated heterocycles. The summed E-state index contributed by atoms with van der Waals surface area (Å²) in [5.74, 6) is -0.811. The molecule has 0 aliphatic carbocycles. The van der Waals surface area contributed by atoms with Gasteiger partial charge in [-0.15, -0.1) is 0 Å². The van der Waals surface area contributed by atoms with Crippen molar-refractivity contribution in [2.45, 2.75) is 38.3 Å². The summed E-state index contributed by atoms with van der Waals surface area (Å²) in [7, 11) is 0. The molecule has 2 heterocycles. The highest BCUT2D eigenvalue weighted by atomic mass is 19.1. The molecule has 29 heavy (non-hydrogen) atoms. The van der Waals surface area contributed by atoms with E-state index in [9.17, 15) is 14.0 Å². The van der Waals surface area contributed by atoms with Gasteiger partial charge in [0.1, 0.15) is 5.82 Å². The number of aromatic nitrogens is 1. The summed E-state index contributed by atoms with van der Waals surface area (Å²) < 4.78 is 13.3. The number of rotatable bonds is 7. The summed E-state index contributed by atoms with van der Waals surface area (Å²) in [6, 6.07) is 11.7. The molecule has 0 bridgehead atoms. The lowest BCUT2D eigenvalue weighted by atomic mass is 10.1. The number of benzene rings is 1. The van der Waals surface area contributed by atoms with Gasteiger partial charge in [-0.1, -0.05) is 18.2 Å². The molecule has 1 aromatic heterocycles. The molecule has 1 unspecified atom stereocenters. The van der Waals surface area contributed by atoms with E-state index >= 15 is 0 Å². The van der Waals surface area contributed by atoms with Crippen molar-refractivity contribution in [3.63, 3.8) is 0 Å². The zero-order valence-electron chi connectivity index (χ0n) is 16.4. The lowest BCUT2D eigenvalue weighted by Gasteiger charge is -2.31. The van der Waals surface area contributed by atoms with Crippen molar-refractivity contribution in [2.75, 3.05) is 19.6 Å². The maximum absolute atomic E-state index is 13.3. The smallest absolute Gasteiger partial charge is 0.242 e. The van der Waals surface area contributed by atoms with Crippen LogP contribution >= 0.6 is 0 Å². The van der Waals surface area contributed by atoms with Gasteiger partial charge in [-0.3, -0.25) is 14.6 Å². The molecule has 6 nitrogen and oxygen atoms in total. The van der Waals surface area contributed by atoms with Crippen LogP contribution in [0, 0.1) is 5.82 Å².